The molecule has 2 saturated heterocycles. The lowest BCUT2D eigenvalue weighted by atomic mass is 10.4. The van der Waals surface area contributed by atoms with Crippen LogP contribution in [0.2, 0.25) is 0 Å². The van der Waals surface area contributed by atoms with Crippen LogP contribution in [0.3, 0.4) is 0 Å². The second kappa shape index (κ2) is 5.44. The lowest BCUT2D eigenvalue weighted by Crippen LogP contribution is -2.39. The minimum Gasteiger partial charge on any atom is -0.314 e. The number of likely N-dealkylation sites (tertiary alicyclic amines) is 1. The van der Waals surface area contributed by atoms with Gasteiger partial charge in [0, 0.05) is 32.7 Å². The van der Waals surface area contributed by atoms with E-state index >= 15 is 0 Å². The summed E-state index contributed by atoms with van der Waals surface area (Å²) in [4.78, 5) is 2.36. The second-order valence-electron chi connectivity index (χ2n) is 4.51. The topological polar surface area (TPSA) is 52.7 Å². The Morgan fingerprint density at radius 1 is 1.00 bits per heavy atom. The van der Waals surface area contributed by atoms with E-state index in [2.05, 4.69) is 10.2 Å². The van der Waals surface area contributed by atoms with Gasteiger partial charge in [0.15, 0.2) is 0 Å². The highest BCUT2D eigenvalue weighted by molar-refractivity contribution is 7.89. The zero-order chi connectivity index (χ0) is 11.4. The van der Waals surface area contributed by atoms with Gasteiger partial charge in [-0.25, -0.2) is 8.42 Å². The van der Waals surface area contributed by atoms with Gasteiger partial charge in [0.1, 0.15) is 0 Å². The minimum atomic E-state index is -3.01. The molecule has 0 amide bonds. The molecule has 0 atom stereocenters. The predicted octanol–water partition coefficient (Wildman–Crippen LogP) is -0.683. The first-order valence-electron chi connectivity index (χ1n) is 6.09. The van der Waals surface area contributed by atoms with E-state index in [-0.39, 0.29) is 5.75 Å². The van der Waals surface area contributed by atoms with Crippen molar-refractivity contribution in [3.63, 3.8) is 0 Å². The molecule has 1 N–H and O–H groups in total. The molecule has 2 rings (SSSR count). The fraction of sp³-hybridized carbons (Fsp3) is 1.00. The summed E-state index contributed by atoms with van der Waals surface area (Å²) < 4.78 is 25.4. The lowest BCUT2D eigenvalue weighted by molar-refractivity contribution is 0.297. The molecule has 0 aliphatic carbocycles. The average Bonchev–Trinajstić information content (AvgIpc) is 2.68. The van der Waals surface area contributed by atoms with Crippen LogP contribution >= 0.6 is 0 Å². The normalized spacial score (nSPS) is 28.0. The van der Waals surface area contributed by atoms with Crippen molar-refractivity contribution >= 4 is 10.0 Å². The van der Waals surface area contributed by atoms with Gasteiger partial charge in [-0.3, -0.25) is 0 Å². The summed E-state index contributed by atoms with van der Waals surface area (Å²) in [5.41, 5.74) is 0. The molecular formula is C10H21N3O2S. The van der Waals surface area contributed by atoms with E-state index in [4.69, 9.17) is 0 Å². The van der Waals surface area contributed by atoms with Crippen molar-refractivity contribution in [2.45, 2.75) is 12.8 Å². The first-order chi connectivity index (χ1) is 7.68. The maximum Gasteiger partial charge on any atom is 0.215 e. The molecule has 2 aliphatic rings. The highest BCUT2D eigenvalue weighted by Crippen LogP contribution is 2.09. The minimum absolute atomic E-state index is 0.243. The van der Waals surface area contributed by atoms with Gasteiger partial charge < -0.3 is 10.2 Å². The van der Waals surface area contributed by atoms with Gasteiger partial charge in [-0.2, -0.15) is 4.31 Å². The van der Waals surface area contributed by atoms with Crippen LogP contribution in [0.4, 0.5) is 0 Å². The fourth-order valence-electron chi connectivity index (χ4n) is 2.31. The van der Waals surface area contributed by atoms with Gasteiger partial charge in [0.25, 0.3) is 0 Å². The maximum absolute atomic E-state index is 11.9. The van der Waals surface area contributed by atoms with Crippen LogP contribution in [0.1, 0.15) is 12.8 Å². The molecule has 0 bridgehead atoms. The Morgan fingerprint density at radius 3 is 2.50 bits per heavy atom. The molecule has 0 unspecified atom stereocenters. The molecule has 2 fully saturated rings. The van der Waals surface area contributed by atoms with Crippen molar-refractivity contribution in [1.29, 1.82) is 0 Å². The molecule has 2 aliphatic heterocycles. The molecule has 6 heteroatoms. The Morgan fingerprint density at radius 2 is 1.75 bits per heavy atom. The molecule has 0 aromatic carbocycles. The number of hydrogen-bond acceptors (Lipinski definition) is 4. The predicted molar refractivity (Wildman–Crippen MR) is 63.9 cm³/mol. The molecular weight excluding hydrogens is 226 g/mol. The summed E-state index contributed by atoms with van der Waals surface area (Å²) in [6.45, 7) is 5.79. The smallest absolute Gasteiger partial charge is 0.215 e. The van der Waals surface area contributed by atoms with Crippen molar-refractivity contribution in [2.75, 3.05) is 51.6 Å². The molecule has 0 spiro atoms. The number of rotatable bonds is 3. The quantitative estimate of drug-likeness (QED) is 0.718. The SMILES string of the molecule is O=S1(=O)CCNCCN1CCN1CCCC1. The lowest BCUT2D eigenvalue weighted by Gasteiger charge is -2.22. The third-order valence-corrected chi connectivity index (χ3v) is 5.20. The van der Waals surface area contributed by atoms with Gasteiger partial charge in [0.2, 0.25) is 10.0 Å². The first-order valence-corrected chi connectivity index (χ1v) is 7.70. The zero-order valence-electron chi connectivity index (χ0n) is 9.69. The molecule has 5 nitrogen and oxygen atoms in total. The van der Waals surface area contributed by atoms with E-state index in [1.54, 1.807) is 4.31 Å². The largest absolute Gasteiger partial charge is 0.314 e. The van der Waals surface area contributed by atoms with E-state index in [9.17, 15) is 8.42 Å². The van der Waals surface area contributed by atoms with Gasteiger partial charge in [0.05, 0.1) is 5.75 Å². The van der Waals surface area contributed by atoms with Crippen LogP contribution in [-0.4, -0.2) is 69.2 Å². The Hall–Kier alpha value is -0.170. The van der Waals surface area contributed by atoms with Crippen molar-refractivity contribution in [3.8, 4) is 0 Å². The standard InChI is InChI=1S/C10H21N3O2S/c14-16(15)10-4-11-3-7-13(16)9-8-12-5-1-2-6-12/h11H,1-10H2. The van der Waals surface area contributed by atoms with Crippen LogP contribution in [0.5, 0.6) is 0 Å². The number of sulfonamides is 1. The van der Waals surface area contributed by atoms with Crippen LogP contribution < -0.4 is 5.32 Å². The van der Waals surface area contributed by atoms with Gasteiger partial charge in [-0.1, -0.05) is 0 Å². The summed E-state index contributed by atoms with van der Waals surface area (Å²) in [6, 6.07) is 0. The zero-order valence-corrected chi connectivity index (χ0v) is 10.5. The Labute approximate surface area is 97.8 Å². The molecule has 0 aromatic rings. The third kappa shape index (κ3) is 3.16. The molecule has 2 heterocycles. The average molecular weight is 247 g/mol. The first kappa shape index (κ1) is 12.3. The van der Waals surface area contributed by atoms with Crippen molar-refractivity contribution < 1.29 is 8.42 Å². The fourth-order valence-corrected chi connectivity index (χ4v) is 3.70. The van der Waals surface area contributed by atoms with E-state index in [1.165, 1.54) is 12.8 Å². The third-order valence-electron chi connectivity index (χ3n) is 3.33. The molecule has 16 heavy (non-hydrogen) atoms. The summed E-state index contributed by atoms with van der Waals surface area (Å²) in [5, 5.41) is 3.13. The van der Waals surface area contributed by atoms with E-state index in [0.29, 0.717) is 19.6 Å². The van der Waals surface area contributed by atoms with Crippen molar-refractivity contribution in [3.05, 3.63) is 0 Å². The van der Waals surface area contributed by atoms with Crippen LogP contribution in [0.15, 0.2) is 0 Å². The molecule has 0 aromatic heterocycles. The number of nitrogens with one attached hydrogen (secondary N) is 1. The molecule has 0 radical (unpaired) electrons. The van der Waals surface area contributed by atoms with Gasteiger partial charge in [-0.15, -0.1) is 0 Å². The van der Waals surface area contributed by atoms with Crippen molar-refractivity contribution in [2.24, 2.45) is 0 Å². The highest BCUT2D eigenvalue weighted by Gasteiger charge is 2.24. The van der Waals surface area contributed by atoms with Gasteiger partial charge in [-0.05, 0) is 25.9 Å². The Bertz CT molecular complexity index is 312. The Balaban J connectivity index is 1.85. The van der Waals surface area contributed by atoms with E-state index < -0.39 is 10.0 Å². The van der Waals surface area contributed by atoms with E-state index in [0.717, 1.165) is 26.2 Å². The summed E-state index contributed by atoms with van der Waals surface area (Å²) >= 11 is 0. The monoisotopic (exact) mass is 247 g/mol. The van der Waals surface area contributed by atoms with Crippen molar-refractivity contribution in [1.82, 2.24) is 14.5 Å². The number of nitrogens with zero attached hydrogens (tertiary/aromatic N) is 2. The number of hydrogen-bond donors (Lipinski definition) is 1. The summed E-state index contributed by atoms with van der Waals surface area (Å²) in [5.74, 6) is 0.243. The molecule has 94 valence electrons. The van der Waals surface area contributed by atoms with Crippen LogP contribution in [-0.2, 0) is 10.0 Å². The van der Waals surface area contributed by atoms with Crippen LogP contribution in [0.25, 0.3) is 0 Å². The highest BCUT2D eigenvalue weighted by atomic mass is 32.2. The van der Waals surface area contributed by atoms with E-state index in [1.807, 2.05) is 0 Å². The maximum atomic E-state index is 11.9. The van der Waals surface area contributed by atoms with Crippen LogP contribution in [0, 0.1) is 0 Å². The van der Waals surface area contributed by atoms with Gasteiger partial charge >= 0.3 is 0 Å². The summed E-state index contributed by atoms with van der Waals surface area (Å²) in [6.07, 6.45) is 2.52. The second-order valence-corrected chi connectivity index (χ2v) is 6.60. The summed E-state index contributed by atoms with van der Waals surface area (Å²) in [7, 11) is -3.01. The molecule has 0 saturated carbocycles. The Kier molecular flexibility index (Phi) is 4.18.